The molecule has 196 valence electrons. The fourth-order valence-corrected chi connectivity index (χ4v) is 3.92. The fraction of sp³-hybridized carbons (Fsp3) is 0.370. The molecule has 0 bridgehead atoms. The Bertz CT molecular complexity index is 1160. The van der Waals surface area contributed by atoms with Crippen LogP contribution in [0.1, 0.15) is 40.4 Å². The van der Waals surface area contributed by atoms with Crippen molar-refractivity contribution in [2.24, 2.45) is 11.7 Å². The lowest BCUT2D eigenvalue weighted by molar-refractivity contribution is -0.162. The summed E-state index contributed by atoms with van der Waals surface area (Å²) in [5.41, 5.74) is 0.802. The number of nitrogens with two attached hydrogens (primary N) is 2. The van der Waals surface area contributed by atoms with E-state index in [2.05, 4.69) is 28.9 Å². The van der Waals surface area contributed by atoms with Crippen molar-refractivity contribution in [3.05, 3.63) is 70.8 Å². The number of carbonyl (C=O) groups is 3. The van der Waals surface area contributed by atoms with Gasteiger partial charge in [0.25, 0.3) is 11.8 Å². The number of amides is 2. The molecule has 37 heavy (non-hydrogen) atoms. The van der Waals surface area contributed by atoms with E-state index in [4.69, 9.17) is 21.2 Å². The minimum absolute atomic E-state index is 0.166. The number of ether oxygens (including phenoxy) is 2. The second-order valence-electron chi connectivity index (χ2n) is 8.92. The monoisotopic (exact) mass is 507 g/mol. The zero-order valence-electron chi connectivity index (χ0n) is 21.4. The Morgan fingerprint density at radius 1 is 1.00 bits per heavy atom. The van der Waals surface area contributed by atoms with Crippen LogP contribution in [0, 0.1) is 11.8 Å². The lowest BCUT2D eigenvalue weighted by Gasteiger charge is -2.35. The van der Waals surface area contributed by atoms with Gasteiger partial charge in [-0.1, -0.05) is 24.0 Å². The van der Waals surface area contributed by atoms with E-state index < -0.39 is 23.3 Å². The highest BCUT2D eigenvalue weighted by Gasteiger charge is 2.50. The van der Waals surface area contributed by atoms with Crippen LogP contribution in [0.5, 0.6) is 0 Å². The van der Waals surface area contributed by atoms with Gasteiger partial charge in [-0.15, -0.1) is 0 Å². The number of benzene rings is 2. The van der Waals surface area contributed by atoms with Crippen molar-refractivity contribution in [1.82, 2.24) is 14.9 Å². The molecule has 2 aromatic carbocycles. The van der Waals surface area contributed by atoms with Crippen LogP contribution in [0.3, 0.4) is 0 Å². The number of hydrogen-bond acceptors (Lipinski definition) is 8. The molecule has 4 N–H and O–H groups in total. The maximum Gasteiger partial charge on any atom is 0.342 e. The smallest absolute Gasteiger partial charge is 0.342 e. The lowest BCUT2D eigenvalue weighted by Crippen LogP contribution is -2.67. The first-order valence-corrected chi connectivity index (χ1v) is 11.9. The average molecular weight is 508 g/mol. The quantitative estimate of drug-likeness (QED) is 0.147. The highest BCUT2D eigenvalue weighted by molar-refractivity contribution is 6.11. The van der Waals surface area contributed by atoms with Crippen molar-refractivity contribution in [2.75, 3.05) is 40.5 Å². The minimum atomic E-state index is -2.14. The zero-order valence-corrected chi connectivity index (χ0v) is 21.4. The number of likely N-dealkylation sites (N-methyl/N-ethyl adjacent to an activating group) is 1. The fourth-order valence-electron chi connectivity index (χ4n) is 3.92. The molecule has 2 amide bonds. The Hall–Kier alpha value is -3.75. The molecule has 2 aromatic rings. The Kier molecular flexibility index (Phi) is 9.38. The lowest BCUT2D eigenvalue weighted by atomic mass is 9.99. The summed E-state index contributed by atoms with van der Waals surface area (Å²) in [5.74, 6) is 15.0. The predicted octanol–water partition coefficient (Wildman–Crippen LogP) is 0.888. The second-order valence-corrected chi connectivity index (χ2v) is 8.92. The molecule has 0 spiro atoms. The first kappa shape index (κ1) is 27.8. The van der Waals surface area contributed by atoms with Gasteiger partial charge in [-0.25, -0.2) is 21.5 Å². The summed E-state index contributed by atoms with van der Waals surface area (Å²) in [6.45, 7) is 5.62. The summed E-state index contributed by atoms with van der Waals surface area (Å²) >= 11 is 0. The van der Waals surface area contributed by atoms with Gasteiger partial charge in [0.1, 0.15) is 0 Å². The van der Waals surface area contributed by atoms with Gasteiger partial charge in [0, 0.05) is 50.0 Å². The number of hydrazine groups is 2. The van der Waals surface area contributed by atoms with Gasteiger partial charge in [-0.2, -0.15) is 0 Å². The number of rotatable bonds is 6. The molecule has 3 rings (SSSR count). The van der Waals surface area contributed by atoms with Crippen molar-refractivity contribution in [1.29, 1.82) is 0 Å². The molecule has 1 fully saturated rings. The standard InChI is InChI=1S/C27H33N5O5/c1-27(26(35)36-3,25(34)30(2)28)32(29)24(33)23-13-11-21(12-14-23)6-5-20-7-9-22(10-8-20)19-31-15-4-17-37-18-16-31/h7-14H,4,15-19,28-29H2,1-3H3. The van der Waals surface area contributed by atoms with E-state index in [0.717, 1.165) is 51.9 Å². The molecular formula is C27H33N5O5. The third-order valence-electron chi connectivity index (χ3n) is 6.18. The summed E-state index contributed by atoms with van der Waals surface area (Å²) in [5, 5.41) is 1.21. The average Bonchev–Trinajstić information content (AvgIpc) is 3.19. The minimum Gasteiger partial charge on any atom is -0.467 e. The van der Waals surface area contributed by atoms with E-state index >= 15 is 0 Å². The van der Waals surface area contributed by atoms with Gasteiger partial charge in [-0.05, 0) is 55.3 Å². The van der Waals surface area contributed by atoms with E-state index in [1.165, 1.54) is 31.7 Å². The molecule has 10 nitrogen and oxygen atoms in total. The summed E-state index contributed by atoms with van der Waals surface area (Å²) in [6, 6.07) is 14.5. The maximum absolute atomic E-state index is 13.0. The number of esters is 1. The van der Waals surface area contributed by atoms with Crippen LogP contribution in [0.25, 0.3) is 0 Å². The topological polar surface area (TPSA) is 131 Å². The number of carbonyl (C=O) groups excluding carboxylic acids is 3. The van der Waals surface area contributed by atoms with E-state index in [1.807, 2.05) is 12.1 Å². The molecule has 1 atom stereocenters. The molecule has 1 aliphatic rings. The van der Waals surface area contributed by atoms with Gasteiger partial charge < -0.3 is 9.47 Å². The molecule has 0 radical (unpaired) electrons. The van der Waals surface area contributed by atoms with Crippen LogP contribution in [0.2, 0.25) is 0 Å². The predicted molar refractivity (Wildman–Crippen MR) is 137 cm³/mol. The Balaban J connectivity index is 1.68. The van der Waals surface area contributed by atoms with Gasteiger partial charge >= 0.3 is 5.97 Å². The molecule has 1 aliphatic heterocycles. The van der Waals surface area contributed by atoms with Crippen LogP contribution >= 0.6 is 0 Å². The Labute approximate surface area is 217 Å². The normalized spacial score (nSPS) is 15.4. The van der Waals surface area contributed by atoms with Crippen LogP contribution in [0.15, 0.2) is 48.5 Å². The van der Waals surface area contributed by atoms with Gasteiger partial charge in [0.2, 0.25) is 5.54 Å². The largest absolute Gasteiger partial charge is 0.467 e. The summed E-state index contributed by atoms with van der Waals surface area (Å²) in [7, 11) is 2.34. The third kappa shape index (κ3) is 6.72. The van der Waals surface area contributed by atoms with Crippen LogP contribution < -0.4 is 11.7 Å². The maximum atomic E-state index is 13.0. The number of methoxy groups -OCH3 is 1. The van der Waals surface area contributed by atoms with Crippen LogP contribution in [0.4, 0.5) is 0 Å². The van der Waals surface area contributed by atoms with E-state index in [0.29, 0.717) is 15.6 Å². The van der Waals surface area contributed by atoms with Crippen molar-refractivity contribution >= 4 is 17.8 Å². The summed E-state index contributed by atoms with van der Waals surface area (Å²) in [4.78, 5) is 40.2. The summed E-state index contributed by atoms with van der Waals surface area (Å²) in [6.07, 6.45) is 1.05. The summed E-state index contributed by atoms with van der Waals surface area (Å²) < 4.78 is 10.2. The van der Waals surface area contributed by atoms with Gasteiger partial charge in [-0.3, -0.25) is 19.5 Å². The van der Waals surface area contributed by atoms with Crippen molar-refractivity contribution < 1.29 is 23.9 Å². The first-order valence-electron chi connectivity index (χ1n) is 11.9. The highest BCUT2D eigenvalue weighted by Crippen LogP contribution is 2.19. The zero-order chi connectivity index (χ0) is 27.0. The van der Waals surface area contributed by atoms with Crippen molar-refractivity contribution in [3.63, 3.8) is 0 Å². The Morgan fingerprint density at radius 3 is 2.16 bits per heavy atom. The third-order valence-corrected chi connectivity index (χ3v) is 6.18. The molecular weight excluding hydrogens is 474 g/mol. The van der Waals surface area contributed by atoms with Crippen LogP contribution in [-0.2, 0) is 25.6 Å². The van der Waals surface area contributed by atoms with E-state index in [-0.39, 0.29) is 5.56 Å². The molecule has 1 unspecified atom stereocenters. The van der Waals surface area contributed by atoms with E-state index in [1.54, 1.807) is 12.1 Å². The first-order chi connectivity index (χ1) is 17.7. The molecule has 1 heterocycles. The second kappa shape index (κ2) is 12.5. The highest BCUT2D eigenvalue weighted by atomic mass is 16.5. The molecule has 0 aliphatic carbocycles. The Morgan fingerprint density at radius 2 is 1.59 bits per heavy atom. The van der Waals surface area contributed by atoms with Crippen molar-refractivity contribution in [2.45, 2.75) is 25.4 Å². The molecule has 1 saturated heterocycles. The SMILES string of the molecule is COC(=O)C(C)(C(=O)N(C)N)N(N)C(=O)c1ccc(C#Cc2ccc(CN3CCCOCC3)cc2)cc1. The van der Waals surface area contributed by atoms with Crippen molar-refractivity contribution in [3.8, 4) is 11.8 Å². The van der Waals surface area contributed by atoms with Crippen LogP contribution in [-0.4, -0.2) is 78.7 Å². The van der Waals surface area contributed by atoms with Gasteiger partial charge in [0.05, 0.1) is 13.7 Å². The molecule has 0 aromatic heterocycles. The van der Waals surface area contributed by atoms with Gasteiger partial charge in [0.15, 0.2) is 0 Å². The van der Waals surface area contributed by atoms with E-state index in [9.17, 15) is 14.4 Å². The molecule has 0 saturated carbocycles. The molecule has 10 heteroatoms. The number of nitrogens with zero attached hydrogens (tertiary/aromatic N) is 3. The number of hydrogen-bond donors (Lipinski definition) is 2.